The van der Waals surface area contributed by atoms with Gasteiger partial charge in [0.2, 0.25) is 0 Å². The fraction of sp³-hybridized carbons (Fsp3) is 0.571. The number of ether oxygens (including phenoxy) is 1. The van der Waals surface area contributed by atoms with E-state index in [0.717, 1.165) is 24.6 Å². The van der Waals surface area contributed by atoms with Crippen molar-refractivity contribution in [1.29, 1.82) is 0 Å². The van der Waals surface area contributed by atoms with E-state index in [2.05, 4.69) is 25.1 Å². The zero-order valence-corrected chi connectivity index (χ0v) is 10.2. The molecule has 2 heteroatoms. The van der Waals surface area contributed by atoms with Gasteiger partial charge in [0.05, 0.1) is 7.11 Å². The lowest BCUT2D eigenvalue weighted by atomic mass is 9.91. The highest BCUT2D eigenvalue weighted by molar-refractivity contribution is 5.41. The fourth-order valence-corrected chi connectivity index (χ4v) is 2.37. The van der Waals surface area contributed by atoms with E-state index < -0.39 is 0 Å². The molecule has 1 atom stereocenters. The molecule has 1 saturated carbocycles. The van der Waals surface area contributed by atoms with E-state index in [4.69, 9.17) is 10.5 Å². The smallest absolute Gasteiger partial charge is 0.122 e. The molecular formula is C14H21NO. The summed E-state index contributed by atoms with van der Waals surface area (Å²) in [6.45, 7) is 2.91. The van der Waals surface area contributed by atoms with E-state index in [-0.39, 0.29) is 0 Å². The normalized spacial score (nSPS) is 17.2. The molecule has 1 aromatic rings. The maximum atomic E-state index is 5.91. The minimum atomic E-state index is 0.487. The second-order valence-electron chi connectivity index (χ2n) is 4.61. The highest BCUT2D eigenvalue weighted by Gasteiger charge is 2.32. The summed E-state index contributed by atoms with van der Waals surface area (Å²) >= 11 is 0. The van der Waals surface area contributed by atoms with Gasteiger partial charge < -0.3 is 10.5 Å². The first-order chi connectivity index (χ1) is 7.80. The van der Waals surface area contributed by atoms with E-state index in [9.17, 15) is 0 Å². The summed E-state index contributed by atoms with van der Waals surface area (Å²) in [6, 6.07) is 6.50. The van der Waals surface area contributed by atoms with Gasteiger partial charge in [0.25, 0.3) is 0 Å². The number of benzene rings is 1. The van der Waals surface area contributed by atoms with Crippen LogP contribution in [-0.2, 0) is 6.42 Å². The molecule has 1 aliphatic rings. The second-order valence-corrected chi connectivity index (χ2v) is 4.61. The summed E-state index contributed by atoms with van der Waals surface area (Å²) in [5, 5.41) is 0. The molecule has 0 aromatic heterocycles. The van der Waals surface area contributed by atoms with Gasteiger partial charge in [0, 0.05) is 5.92 Å². The first-order valence-corrected chi connectivity index (χ1v) is 6.17. The van der Waals surface area contributed by atoms with Gasteiger partial charge in [-0.3, -0.25) is 0 Å². The fourth-order valence-electron chi connectivity index (χ4n) is 2.37. The Morgan fingerprint density at radius 3 is 2.69 bits per heavy atom. The van der Waals surface area contributed by atoms with Gasteiger partial charge in [0.1, 0.15) is 5.75 Å². The Labute approximate surface area is 97.8 Å². The van der Waals surface area contributed by atoms with Crippen molar-refractivity contribution in [1.82, 2.24) is 0 Å². The molecular weight excluding hydrogens is 198 g/mol. The predicted octanol–water partition coefficient (Wildman–Crippen LogP) is 2.71. The number of methoxy groups -OCH3 is 1. The van der Waals surface area contributed by atoms with Crippen LogP contribution in [-0.4, -0.2) is 13.7 Å². The Balaban J connectivity index is 2.34. The SMILES string of the molecule is CCc1ccc(OC)c(C(CN)C2CC2)c1. The number of aryl methyl sites for hydroxylation is 1. The highest BCUT2D eigenvalue weighted by Crippen LogP contribution is 2.44. The lowest BCUT2D eigenvalue weighted by Gasteiger charge is -2.18. The molecule has 1 fully saturated rings. The summed E-state index contributed by atoms with van der Waals surface area (Å²) in [4.78, 5) is 0. The summed E-state index contributed by atoms with van der Waals surface area (Å²) in [7, 11) is 1.74. The molecule has 0 heterocycles. The van der Waals surface area contributed by atoms with Crippen LogP contribution in [0.2, 0.25) is 0 Å². The van der Waals surface area contributed by atoms with Crippen molar-refractivity contribution < 1.29 is 4.74 Å². The number of nitrogens with two attached hydrogens (primary N) is 1. The predicted molar refractivity (Wildman–Crippen MR) is 66.9 cm³/mol. The standard InChI is InChI=1S/C14H21NO/c1-3-10-4-7-14(16-2)12(8-10)13(9-15)11-5-6-11/h4,7-8,11,13H,3,5-6,9,15H2,1-2H3. The number of rotatable bonds is 5. The van der Waals surface area contributed by atoms with E-state index in [1.54, 1.807) is 7.11 Å². The van der Waals surface area contributed by atoms with Gasteiger partial charge >= 0.3 is 0 Å². The molecule has 0 spiro atoms. The van der Waals surface area contributed by atoms with Crippen LogP contribution < -0.4 is 10.5 Å². The third-order valence-electron chi connectivity index (χ3n) is 3.55. The van der Waals surface area contributed by atoms with E-state index in [1.165, 1.54) is 24.0 Å². The molecule has 0 saturated heterocycles. The summed E-state index contributed by atoms with van der Waals surface area (Å²) in [5.74, 6) is 2.27. The van der Waals surface area contributed by atoms with E-state index >= 15 is 0 Å². The van der Waals surface area contributed by atoms with Crippen molar-refractivity contribution in [3.05, 3.63) is 29.3 Å². The lowest BCUT2D eigenvalue weighted by Crippen LogP contribution is -2.15. The molecule has 1 aliphatic carbocycles. The van der Waals surface area contributed by atoms with Crippen molar-refractivity contribution >= 4 is 0 Å². The minimum Gasteiger partial charge on any atom is -0.496 e. The highest BCUT2D eigenvalue weighted by atomic mass is 16.5. The van der Waals surface area contributed by atoms with Crippen molar-refractivity contribution in [3.8, 4) is 5.75 Å². The van der Waals surface area contributed by atoms with Gasteiger partial charge in [-0.25, -0.2) is 0 Å². The third kappa shape index (κ3) is 2.22. The molecule has 2 nitrogen and oxygen atoms in total. The average molecular weight is 219 g/mol. The molecule has 0 aliphatic heterocycles. The van der Waals surface area contributed by atoms with Gasteiger partial charge in [-0.15, -0.1) is 0 Å². The zero-order chi connectivity index (χ0) is 11.5. The molecule has 0 bridgehead atoms. The molecule has 88 valence electrons. The Morgan fingerprint density at radius 1 is 1.44 bits per heavy atom. The topological polar surface area (TPSA) is 35.2 Å². The van der Waals surface area contributed by atoms with Crippen LogP contribution >= 0.6 is 0 Å². The Bertz CT molecular complexity index is 358. The maximum Gasteiger partial charge on any atom is 0.122 e. The Kier molecular flexibility index (Phi) is 3.49. The Morgan fingerprint density at radius 2 is 2.19 bits per heavy atom. The molecule has 0 radical (unpaired) electrons. The molecule has 16 heavy (non-hydrogen) atoms. The number of hydrogen-bond acceptors (Lipinski definition) is 2. The van der Waals surface area contributed by atoms with Crippen LogP contribution in [0.4, 0.5) is 0 Å². The second kappa shape index (κ2) is 4.88. The van der Waals surface area contributed by atoms with Gasteiger partial charge in [-0.2, -0.15) is 0 Å². The van der Waals surface area contributed by atoms with Gasteiger partial charge in [-0.1, -0.05) is 19.1 Å². The minimum absolute atomic E-state index is 0.487. The zero-order valence-electron chi connectivity index (χ0n) is 10.2. The van der Waals surface area contributed by atoms with Gasteiger partial charge in [0.15, 0.2) is 0 Å². The molecule has 2 rings (SSSR count). The molecule has 2 N–H and O–H groups in total. The van der Waals surface area contributed by atoms with Crippen LogP contribution in [0.5, 0.6) is 5.75 Å². The van der Waals surface area contributed by atoms with Crippen LogP contribution in [0, 0.1) is 5.92 Å². The largest absolute Gasteiger partial charge is 0.496 e. The quantitative estimate of drug-likeness (QED) is 0.826. The summed E-state index contributed by atoms with van der Waals surface area (Å²) < 4.78 is 5.45. The van der Waals surface area contributed by atoms with Crippen LogP contribution in [0.1, 0.15) is 36.8 Å². The molecule has 0 amide bonds. The van der Waals surface area contributed by atoms with Crippen LogP contribution in [0.25, 0.3) is 0 Å². The van der Waals surface area contributed by atoms with Crippen molar-refractivity contribution in [2.24, 2.45) is 11.7 Å². The molecule has 1 aromatic carbocycles. The lowest BCUT2D eigenvalue weighted by molar-refractivity contribution is 0.402. The van der Waals surface area contributed by atoms with Gasteiger partial charge in [-0.05, 0) is 48.9 Å². The number of hydrogen-bond donors (Lipinski definition) is 1. The summed E-state index contributed by atoms with van der Waals surface area (Å²) in [5.41, 5.74) is 8.59. The van der Waals surface area contributed by atoms with Crippen LogP contribution in [0.3, 0.4) is 0 Å². The average Bonchev–Trinajstić information content (AvgIpc) is 3.14. The third-order valence-corrected chi connectivity index (χ3v) is 3.55. The van der Waals surface area contributed by atoms with Crippen LogP contribution in [0.15, 0.2) is 18.2 Å². The Hall–Kier alpha value is -1.02. The van der Waals surface area contributed by atoms with Crippen molar-refractivity contribution in [3.63, 3.8) is 0 Å². The van der Waals surface area contributed by atoms with Crippen molar-refractivity contribution in [2.75, 3.05) is 13.7 Å². The van der Waals surface area contributed by atoms with Crippen molar-refractivity contribution in [2.45, 2.75) is 32.1 Å². The van der Waals surface area contributed by atoms with E-state index in [0.29, 0.717) is 5.92 Å². The molecule has 1 unspecified atom stereocenters. The first-order valence-electron chi connectivity index (χ1n) is 6.17. The van der Waals surface area contributed by atoms with E-state index in [1.807, 2.05) is 0 Å². The monoisotopic (exact) mass is 219 g/mol. The summed E-state index contributed by atoms with van der Waals surface area (Å²) in [6.07, 6.45) is 3.71. The maximum absolute atomic E-state index is 5.91. The first kappa shape index (κ1) is 11.5.